The Morgan fingerprint density at radius 3 is 2.48 bits per heavy atom. The number of anilines is 1. The summed E-state index contributed by atoms with van der Waals surface area (Å²) in [6.07, 6.45) is 3.07. The van der Waals surface area contributed by atoms with Gasteiger partial charge in [0.1, 0.15) is 6.61 Å². The van der Waals surface area contributed by atoms with Crippen LogP contribution in [0.25, 0.3) is 0 Å². The number of halogens is 1. The van der Waals surface area contributed by atoms with E-state index >= 15 is 0 Å². The van der Waals surface area contributed by atoms with Gasteiger partial charge in [0.2, 0.25) is 5.91 Å². The Kier molecular flexibility index (Phi) is 7.29. The number of rotatable bonds is 6. The molecular formula is C23H27ClN2O3. The molecule has 2 amide bonds. The molecule has 1 heterocycles. The minimum absolute atomic E-state index is 0.0956. The molecule has 1 aliphatic rings. The van der Waals surface area contributed by atoms with Crippen LogP contribution in [0.5, 0.6) is 0 Å². The first-order valence-corrected chi connectivity index (χ1v) is 10.4. The summed E-state index contributed by atoms with van der Waals surface area (Å²) in [5.41, 5.74) is 1.86. The van der Waals surface area contributed by atoms with Crippen LogP contribution in [0.2, 0.25) is 5.02 Å². The molecule has 1 saturated heterocycles. The molecule has 2 aromatic carbocycles. The van der Waals surface area contributed by atoms with Crippen LogP contribution >= 0.6 is 11.6 Å². The smallest absolute Gasteiger partial charge is 0.256 e. The van der Waals surface area contributed by atoms with Crippen LogP contribution < -0.4 is 5.32 Å². The quantitative estimate of drug-likeness (QED) is 0.731. The van der Waals surface area contributed by atoms with Crippen molar-refractivity contribution in [1.82, 2.24) is 4.90 Å². The molecule has 0 aliphatic carbocycles. The maximum Gasteiger partial charge on any atom is 0.256 e. The number of ether oxygens (including phenoxy) is 1. The monoisotopic (exact) mass is 414 g/mol. The predicted octanol–water partition coefficient (Wildman–Crippen LogP) is 4.90. The summed E-state index contributed by atoms with van der Waals surface area (Å²) < 4.78 is 5.49. The van der Waals surface area contributed by atoms with E-state index in [1.54, 1.807) is 18.2 Å². The summed E-state index contributed by atoms with van der Waals surface area (Å²) in [7, 11) is 0. The van der Waals surface area contributed by atoms with E-state index in [1.165, 1.54) is 0 Å². The number of hydrogen-bond acceptors (Lipinski definition) is 3. The van der Waals surface area contributed by atoms with Crippen LogP contribution in [-0.4, -0.2) is 35.4 Å². The second kappa shape index (κ2) is 9.90. The number of carbonyl (C=O) groups is 2. The minimum atomic E-state index is -0.308. The van der Waals surface area contributed by atoms with Crippen LogP contribution in [0.1, 0.15) is 49.0 Å². The average molecular weight is 415 g/mol. The molecule has 1 aliphatic heterocycles. The lowest BCUT2D eigenvalue weighted by molar-refractivity contribution is -0.121. The molecule has 3 rings (SSSR count). The van der Waals surface area contributed by atoms with E-state index in [4.69, 9.17) is 16.3 Å². The lowest BCUT2D eigenvalue weighted by Crippen LogP contribution is -2.47. The zero-order valence-corrected chi connectivity index (χ0v) is 17.6. The topological polar surface area (TPSA) is 58.6 Å². The second-order valence-corrected chi connectivity index (χ2v) is 7.99. The highest BCUT2D eigenvalue weighted by molar-refractivity contribution is 6.31. The lowest BCUT2D eigenvalue weighted by Gasteiger charge is -2.39. The first kappa shape index (κ1) is 21.3. The lowest BCUT2D eigenvalue weighted by atomic mass is 9.96. The van der Waals surface area contributed by atoms with Gasteiger partial charge in [0.25, 0.3) is 5.91 Å². The van der Waals surface area contributed by atoms with Gasteiger partial charge in [-0.3, -0.25) is 9.59 Å². The number of hydrogen-bond donors (Lipinski definition) is 1. The Morgan fingerprint density at radius 1 is 1.10 bits per heavy atom. The standard InChI is InChI=1S/C23H27ClN2O3/c1-16-7-6-8-17(2)26(16)23(28)20-13-19(24)11-12-21(20)25-22(27)15-29-14-18-9-4-3-5-10-18/h3-5,9-13,16-17H,6-8,14-15H2,1-2H3,(H,25,27). The predicted molar refractivity (Wildman–Crippen MR) is 115 cm³/mol. The van der Waals surface area contributed by atoms with Gasteiger partial charge in [-0.05, 0) is 56.9 Å². The molecule has 2 unspecified atom stereocenters. The summed E-state index contributed by atoms with van der Waals surface area (Å²) in [4.78, 5) is 27.5. The summed E-state index contributed by atoms with van der Waals surface area (Å²) >= 11 is 6.15. The third kappa shape index (κ3) is 5.58. The van der Waals surface area contributed by atoms with E-state index in [2.05, 4.69) is 19.2 Å². The Labute approximate surface area is 177 Å². The maximum absolute atomic E-state index is 13.3. The van der Waals surface area contributed by atoms with Crippen molar-refractivity contribution in [2.45, 2.75) is 51.8 Å². The van der Waals surface area contributed by atoms with E-state index in [9.17, 15) is 9.59 Å². The second-order valence-electron chi connectivity index (χ2n) is 7.56. The zero-order valence-electron chi connectivity index (χ0n) is 16.9. The molecule has 2 atom stereocenters. The first-order chi connectivity index (χ1) is 14.0. The molecule has 0 aromatic heterocycles. The van der Waals surface area contributed by atoms with Crippen molar-refractivity contribution in [3.8, 4) is 0 Å². The average Bonchev–Trinajstić information content (AvgIpc) is 2.70. The zero-order chi connectivity index (χ0) is 20.8. The molecule has 1 N–H and O–H groups in total. The third-order valence-corrected chi connectivity index (χ3v) is 5.49. The highest BCUT2D eigenvalue weighted by atomic mass is 35.5. The van der Waals surface area contributed by atoms with Gasteiger partial charge in [0.15, 0.2) is 0 Å². The highest BCUT2D eigenvalue weighted by Gasteiger charge is 2.31. The molecule has 6 heteroatoms. The molecular weight excluding hydrogens is 388 g/mol. The summed E-state index contributed by atoms with van der Waals surface area (Å²) in [5.74, 6) is -0.412. The van der Waals surface area contributed by atoms with Crippen LogP contribution in [0.3, 0.4) is 0 Å². The van der Waals surface area contributed by atoms with Gasteiger partial charge in [-0.2, -0.15) is 0 Å². The van der Waals surface area contributed by atoms with E-state index in [0.29, 0.717) is 22.9 Å². The SMILES string of the molecule is CC1CCCC(C)N1C(=O)c1cc(Cl)ccc1NC(=O)COCc1ccccc1. The number of nitrogens with zero attached hydrogens (tertiary/aromatic N) is 1. The van der Waals surface area contributed by atoms with Gasteiger partial charge < -0.3 is 15.0 Å². The van der Waals surface area contributed by atoms with Crippen LogP contribution in [0, 0.1) is 0 Å². The molecule has 0 spiro atoms. The number of piperidine rings is 1. The normalized spacial score (nSPS) is 19.1. The van der Waals surface area contributed by atoms with E-state index in [0.717, 1.165) is 24.8 Å². The van der Waals surface area contributed by atoms with Gasteiger partial charge >= 0.3 is 0 Å². The molecule has 29 heavy (non-hydrogen) atoms. The Morgan fingerprint density at radius 2 is 1.79 bits per heavy atom. The van der Waals surface area contributed by atoms with Crippen molar-refractivity contribution >= 4 is 29.1 Å². The van der Waals surface area contributed by atoms with Gasteiger partial charge in [-0.1, -0.05) is 41.9 Å². The van der Waals surface area contributed by atoms with Gasteiger partial charge in [0.05, 0.1) is 17.9 Å². The summed E-state index contributed by atoms with van der Waals surface area (Å²) in [6, 6.07) is 14.9. The maximum atomic E-state index is 13.3. The molecule has 1 fully saturated rings. The van der Waals surface area contributed by atoms with Crippen molar-refractivity contribution in [3.63, 3.8) is 0 Å². The fourth-order valence-corrected chi connectivity index (χ4v) is 3.96. The first-order valence-electron chi connectivity index (χ1n) is 9.99. The van der Waals surface area contributed by atoms with Crippen molar-refractivity contribution in [3.05, 3.63) is 64.7 Å². The molecule has 0 radical (unpaired) electrons. The van der Waals surface area contributed by atoms with Crippen molar-refractivity contribution < 1.29 is 14.3 Å². The molecule has 2 aromatic rings. The van der Waals surface area contributed by atoms with E-state index in [1.807, 2.05) is 35.2 Å². The number of likely N-dealkylation sites (tertiary alicyclic amines) is 1. The number of amides is 2. The largest absolute Gasteiger partial charge is 0.367 e. The molecule has 5 nitrogen and oxygen atoms in total. The Balaban J connectivity index is 1.68. The Hall–Kier alpha value is -2.37. The van der Waals surface area contributed by atoms with Crippen molar-refractivity contribution in [2.75, 3.05) is 11.9 Å². The van der Waals surface area contributed by atoms with E-state index < -0.39 is 0 Å². The summed E-state index contributed by atoms with van der Waals surface area (Å²) in [5, 5.41) is 3.27. The highest BCUT2D eigenvalue weighted by Crippen LogP contribution is 2.28. The number of carbonyl (C=O) groups excluding carboxylic acids is 2. The van der Waals surface area contributed by atoms with Gasteiger partial charge in [0, 0.05) is 17.1 Å². The van der Waals surface area contributed by atoms with Gasteiger partial charge in [-0.15, -0.1) is 0 Å². The fraction of sp³-hybridized carbons (Fsp3) is 0.391. The summed E-state index contributed by atoms with van der Waals surface area (Å²) in [6.45, 7) is 4.38. The van der Waals surface area contributed by atoms with Crippen molar-refractivity contribution in [2.24, 2.45) is 0 Å². The Bertz CT molecular complexity index is 846. The van der Waals surface area contributed by atoms with Crippen LogP contribution in [-0.2, 0) is 16.1 Å². The van der Waals surface area contributed by atoms with Crippen LogP contribution in [0.15, 0.2) is 48.5 Å². The van der Waals surface area contributed by atoms with Gasteiger partial charge in [-0.25, -0.2) is 0 Å². The van der Waals surface area contributed by atoms with E-state index in [-0.39, 0.29) is 30.5 Å². The van der Waals surface area contributed by atoms with Crippen molar-refractivity contribution in [1.29, 1.82) is 0 Å². The fourth-order valence-electron chi connectivity index (χ4n) is 3.79. The third-order valence-electron chi connectivity index (χ3n) is 5.26. The molecule has 0 bridgehead atoms. The number of benzene rings is 2. The van der Waals surface area contributed by atoms with Crippen LogP contribution in [0.4, 0.5) is 5.69 Å². The molecule has 0 saturated carbocycles. The molecule has 154 valence electrons. The minimum Gasteiger partial charge on any atom is -0.367 e. The number of nitrogens with one attached hydrogen (secondary N) is 1.